The Morgan fingerprint density at radius 3 is 2.17 bits per heavy atom. The number of benzene rings is 1. The fourth-order valence-corrected chi connectivity index (χ4v) is 5.01. The molecular weight excluding hydrogens is 367 g/mol. The number of hydrogen-bond donors (Lipinski definition) is 1. The van der Waals surface area contributed by atoms with Crippen LogP contribution < -0.4 is 5.73 Å². The summed E-state index contributed by atoms with van der Waals surface area (Å²) in [7, 11) is 0. The fourth-order valence-electron chi connectivity index (χ4n) is 5.01. The number of piperidine rings is 1. The van der Waals surface area contributed by atoms with E-state index in [1.807, 2.05) is 13.8 Å². The summed E-state index contributed by atoms with van der Waals surface area (Å²) in [6.45, 7) is 6.98. The average molecular weight is 403 g/mol. The van der Waals surface area contributed by atoms with Crippen LogP contribution in [0.2, 0.25) is 0 Å². The zero-order chi connectivity index (χ0) is 21.0. The Labute approximate surface area is 174 Å². The van der Waals surface area contributed by atoms with Crippen LogP contribution in [0.4, 0.5) is 4.39 Å². The summed E-state index contributed by atoms with van der Waals surface area (Å²) in [6, 6.07) is 5.92. The van der Waals surface area contributed by atoms with Crippen LogP contribution in [0.5, 0.6) is 0 Å². The summed E-state index contributed by atoms with van der Waals surface area (Å²) in [6.07, 6.45) is 7.51. The van der Waals surface area contributed by atoms with Gasteiger partial charge in [-0.25, -0.2) is 4.39 Å². The minimum atomic E-state index is -0.399. The first kappa shape index (κ1) is 21.9. The Kier molecular flexibility index (Phi) is 7.10. The molecule has 0 radical (unpaired) electrons. The average Bonchev–Trinajstić information content (AvgIpc) is 2.73. The van der Waals surface area contributed by atoms with Gasteiger partial charge in [-0.3, -0.25) is 9.59 Å². The summed E-state index contributed by atoms with van der Waals surface area (Å²) < 4.78 is 13.1. The van der Waals surface area contributed by atoms with E-state index >= 15 is 0 Å². The number of ketones is 1. The molecule has 5 heteroatoms. The molecule has 2 fully saturated rings. The van der Waals surface area contributed by atoms with Crippen molar-refractivity contribution in [3.8, 4) is 0 Å². The second-order valence-corrected chi connectivity index (χ2v) is 9.58. The molecule has 2 aliphatic rings. The molecule has 1 saturated heterocycles. The van der Waals surface area contributed by atoms with Gasteiger partial charge in [-0.2, -0.15) is 0 Å². The summed E-state index contributed by atoms with van der Waals surface area (Å²) in [5.41, 5.74) is 5.81. The van der Waals surface area contributed by atoms with Crippen molar-refractivity contribution in [2.45, 2.75) is 58.8 Å². The minimum Gasteiger partial charge on any atom is -0.369 e. The van der Waals surface area contributed by atoms with Crippen LogP contribution >= 0.6 is 0 Å². The molecule has 0 bridgehead atoms. The van der Waals surface area contributed by atoms with Crippen LogP contribution in [0.3, 0.4) is 0 Å². The van der Waals surface area contributed by atoms with Gasteiger partial charge in [0.05, 0.1) is 0 Å². The molecule has 1 amide bonds. The van der Waals surface area contributed by atoms with E-state index in [0.717, 1.165) is 51.2 Å². The highest BCUT2D eigenvalue weighted by Crippen LogP contribution is 2.41. The van der Waals surface area contributed by atoms with Gasteiger partial charge in [0.1, 0.15) is 5.82 Å². The van der Waals surface area contributed by atoms with Gasteiger partial charge in [-0.15, -0.1) is 0 Å². The lowest BCUT2D eigenvalue weighted by Crippen LogP contribution is -2.40. The van der Waals surface area contributed by atoms with E-state index in [-0.39, 0.29) is 23.4 Å². The summed E-state index contributed by atoms with van der Waals surface area (Å²) in [4.78, 5) is 26.8. The number of rotatable bonds is 7. The van der Waals surface area contributed by atoms with E-state index < -0.39 is 5.41 Å². The Hall–Kier alpha value is -1.75. The van der Waals surface area contributed by atoms with E-state index in [4.69, 9.17) is 5.73 Å². The fraction of sp³-hybridized carbons (Fsp3) is 0.667. The van der Waals surface area contributed by atoms with E-state index in [2.05, 4.69) is 4.90 Å². The maximum atomic E-state index is 13.1. The number of halogens is 1. The lowest BCUT2D eigenvalue weighted by molar-refractivity contribution is -0.129. The summed E-state index contributed by atoms with van der Waals surface area (Å²) in [5.74, 6) is 0.865. The van der Waals surface area contributed by atoms with E-state index in [9.17, 15) is 14.0 Å². The third-order valence-corrected chi connectivity index (χ3v) is 7.44. The van der Waals surface area contributed by atoms with Gasteiger partial charge in [0.15, 0.2) is 5.78 Å². The third kappa shape index (κ3) is 5.44. The molecule has 1 aromatic carbocycles. The number of Topliss-reactive ketones (excluding diaryl/α,β-unsaturated/α-hetero) is 1. The maximum Gasteiger partial charge on any atom is 0.223 e. The highest BCUT2D eigenvalue weighted by atomic mass is 19.1. The number of likely N-dealkylation sites (tertiary alicyclic amines) is 1. The van der Waals surface area contributed by atoms with Crippen LogP contribution in [0, 0.1) is 29.0 Å². The van der Waals surface area contributed by atoms with Crippen LogP contribution in [-0.4, -0.2) is 36.2 Å². The van der Waals surface area contributed by atoms with Gasteiger partial charge in [0.2, 0.25) is 5.91 Å². The summed E-state index contributed by atoms with van der Waals surface area (Å²) in [5, 5.41) is 0. The number of nitrogens with two attached hydrogens (primary N) is 1. The first-order valence-corrected chi connectivity index (χ1v) is 11.1. The van der Waals surface area contributed by atoms with Crippen molar-refractivity contribution in [1.82, 2.24) is 4.90 Å². The third-order valence-electron chi connectivity index (χ3n) is 7.44. The SMILES string of the molecule is CC(C)(C(N)=O)C1CCC(CCN2CCC(C(=O)c3ccc(F)cc3)CC2)CC1. The normalized spacial score (nSPS) is 24.4. The molecule has 1 heterocycles. The molecule has 3 rings (SSSR count). The number of carbonyl (C=O) groups excluding carboxylic acids is 2. The molecule has 0 spiro atoms. The van der Waals surface area contributed by atoms with Crippen LogP contribution in [-0.2, 0) is 4.79 Å². The predicted molar refractivity (Wildman–Crippen MR) is 113 cm³/mol. The quantitative estimate of drug-likeness (QED) is 0.686. The molecule has 4 nitrogen and oxygen atoms in total. The zero-order valence-corrected chi connectivity index (χ0v) is 17.8. The van der Waals surface area contributed by atoms with Crippen molar-refractivity contribution < 1.29 is 14.0 Å². The van der Waals surface area contributed by atoms with Gasteiger partial charge >= 0.3 is 0 Å². The smallest absolute Gasteiger partial charge is 0.223 e. The number of primary amides is 1. The monoisotopic (exact) mass is 402 g/mol. The van der Waals surface area contributed by atoms with Gasteiger partial charge < -0.3 is 10.6 Å². The molecule has 1 aliphatic heterocycles. The Morgan fingerprint density at radius 2 is 1.62 bits per heavy atom. The number of nitrogens with zero attached hydrogens (tertiary/aromatic N) is 1. The maximum absolute atomic E-state index is 13.1. The Morgan fingerprint density at radius 1 is 1.03 bits per heavy atom. The first-order chi connectivity index (χ1) is 13.8. The van der Waals surface area contributed by atoms with Crippen molar-refractivity contribution >= 4 is 11.7 Å². The van der Waals surface area contributed by atoms with Crippen molar-refractivity contribution in [2.75, 3.05) is 19.6 Å². The van der Waals surface area contributed by atoms with Crippen LogP contribution in [0.25, 0.3) is 0 Å². The molecule has 1 saturated carbocycles. The Bertz CT molecular complexity index is 700. The standard InChI is InChI=1S/C24H35FN2O2/c1-24(2,23(26)29)20-7-3-17(4-8-20)11-14-27-15-12-19(13-16-27)22(28)18-5-9-21(25)10-6-18/h5-6,9-10,17,19-20H,3-4,7-8,11-16H2,1-2H3,(H2,26,29). The molecule has 0 unspecified atom stereocenters. The Balaban J connectivity index is 1.38. The van der Waals surface area contributed by atoms with Crippen molar-refractivity contribution in [2.24, 2.45) is 28.9 Å². The molecule has 0 atom stereocenters. The highest BCUT2D eigenvalue weighted by Gasteiger charge is 2.37. The van der Waals surface area contributed by atoms with Crippen molar-refractivity contribution in [3.63, 3.8) is 0 Å². The van der Waals surface area contributed by atoms with E-state index in [1.165, 1.54) is 31.4 Å². The lowest BCUT2D eigenvalue weighted by Gasteiger charge is -2.38. The molecular formula is C24H35FN2O2. The minimum absolute atomic E-state index is 0.0585. The van der Waals surface area contributed by atoms with Gasteiger partial charge in [-0.05, 0) is 87.8 Å². The number of hydrogen-bond acceptors (Lipinski definition) is 3. The van der Waals surface area contributed by atoms with Crippen LogP contribution in [0.1, 0.15) is 69.2 Å². The van der Waals surface area contributed by atoms with E-state index in [0.29, 0.717) is 11.5 Å². The second kappa shape index (κ2) is 9.38. The van der Waals surface area contributed by atoms with Crippen molar-refractivity contribution in [3.05, 3.63) is 35.6 Å². The van der Waals surface area contributed by atoms with Crippen molar-refractivity contribution in [1.29, 1.82) is 0 Å². The zero-order valence-electron chi connectivity index (χ0n) is 17.8. The largest absolute Gasteiger partial charge is 0.369 e. The lowest BCUT2D eigenvalue weighted by atomic mass is 9.68. The van der Waals surface area contributed by atoms with E-state index in [1.54, 1.807) is 12.1 Å². The highest BCUT2D eigenvalue weighted by molar-refractivity contribution is 5.97. The molecule has 29 heavy (non-hydrogen) atoms. The van der Waals surface area contributed by atoms with Gasteiger partial charge in [0.25, 0.3) is 0 Å². The second-order valence-electron chi connectivity index (χ2n) is 9.58. The predicted octanol–water partition coefficient (Wildman–Crippen LogP) is 4.43. The summed E-state index contributed by atoms with van der Waals surface area (Å²) >= 11 is 0. The number of carbonyl (C=O) groups is 2. The molecule has 2 N–H and O–H groups in total. The van der Waals surface area contributed by atoms with Crippen LogP contribution in [0.15, 0.2) is 24.3 Å². The molecule has 160 valence electrons. The van der Waals surface area contributed by atoms with Gasteiger partial charge in [-0.1, -0.05) is 26.7 Å². The van der Waals surface area contributed by atoms with Gasteiger partial charge in [0, 0.05) is 16.9 Å². The first-order valence-electron chi connectivity index (χ1n) is 11.1. The molecule has 1 aromatic rings. The molecule has 1 aliphatic carbocycles. The number of amides is 1. The molecule has 0 aromatic heterocycles. The topological polar surface area (TPSA) is 63.4 Å².